The van der Waals surface area contributed by atoms with Gasteiger partial charge in [-0.3, -0.25) is 14.4 Å². The summed E-state index contributed by atoms with van der Waals surface area (Å²) in [4.78, 5) is 48.5. The van der Waals surface area contributed by atoms with Gasteiger partial charge in [0.05, 0.1) is 13.5 Å². The molecule has 0 amide bonds. The number of fused-ring (bicyclic) bond motifs is 5. The van der Waals surface area contributed by atoms with Gasteiger partial charge in [0.1, 0.15) is 11.9 Å². The molecule has 35 heavy (non-hydrogen) atoms. The van der Waals surface area contributed by atoms with Gasteiger partial charge in [-0.15, -0.1) is 0 Å². The molecule has 0 bridgehead atoms. The summed E-state index contributed by atoms with van der Waals surface area (Å²) >= 11 is 0. The van der Waals surface area contributed by atoms with E-state index in [4.69, 9.17) is 14.2 Å². The topological polar surface area (TPSA) is 96.0 Å². The maximum atomic E-state index is 13.4. The highest BCUT2D eigenvalue weighted by atomic mass is 16.6. The molecule has 0 saturated heterocycles. The zero-order chi connectivity index (χ0) is 25.5. The van der Waals surface area contributed by atoms with Gasteiger partial charge in [-0.05, 0) is 73.5 Å². The van der Waals surface area contributed by atoms with Gasteiger partial charge in [0.15, 0.2) is 0 Å². The second kappa shape index (κ2) is 9.70. The first-order valence-corrected chi connectivity index (χ1v) is 13.1. The first-order valence-electron chi connectivity index (χ1n) is 13.1. The first-order chi connectivity index (χ1) is 16.5. The van der Waals surface area contributed by atoms with Crippen molar-refractivity contribution in [3.8, 4) is 0 Å². The highest BCUT2D eigenvalue weighted by Gasteiger charge is 2.60. The molecular formula is C28H40O7. The van der Waals surface area contributed by atoms with Crippen LogP contribution in [0.5, 0.6) is 0 Å². The Morgan fingerprint density at radius 1 is 1.00 bits per heavy atom. The number of carbonyl (C=O) groups excluding carboxylic acids is 4. The quantitative estimate of drug-likeness (QED) is 0.307. The molecule has 3 fully saturated rings. The minimum atomic E-state index is -1.17. The van der Waals surface area contributed by atoms with Crippen LogP contribution in [0.1, 0.15) is 85.5 Å². The summed E-state index contributed by atoms with van der Waals surface area (Å²) < 4.78 is 15.4. The number of methoxy groups -OCH3 is 1. The number of allylic oxidation sites excluding steroid dienone is 1. The third-order valence-electron chi connectivity index (χ3n) is 9.94. The van der Waals surface area contributed by atoms with Crippen molar-refractivity contribution in [3.63, 3.8) is 0 Å². The lowest BCUT2D eigenvalue weighted by atomic mass is 9.47. The van der Waals surface area contributed by atoms with Crippen LogP contribution >= 0.6 is 0 Å². The molecule has 0 aromatic heterocycles. The molecule has 4 aliphatic carbocycles. The second-order valence-corrected chi connectivity index (χ2v) is 11.7. The molecule has 0 aromatic carbocycles. The van der Waals surface area contributed by atoms with E-state index in [9.17, 15) is 19.2 Å². The zero-order valence-electron chi connectivity index (χ0n) is 21.8. The maximum absolute atomic E-state index is 13.4. The SMILES string of the molecule is COC(=O)[C@@H](CC(=O)[C@H]1CC[C@H]2[C@@H]3CC=C4C[C@H](OC(C)=O)CC[C@]4(C)[C@H]3CC[C@]12C)OC(C)=O. The summed E-state index contributed by atoms with van der Waals surface area (Å²) in [7, 11) is 1.24. The third-order valence-corrected chi connectivity index (χ3v) is 9.94. The standard InChI is InChI=1S/C28H40O7/c1-16(29)34-19-10-12-27(3)18(14-19)6-7-20-21-8-9-23(28(21,4)13-11-22(20)27)24(31)15-25(26(32)33-5)35-17(2)30/h6,19-23,25H,7-15H2,1-5H3/t19-,20+,21+,22+,23-,25-,27+,28+/m1/s1. The molecular weight excluding hydrogens is 448 g/mol. The van der Waals surface area contributed by atoms with E-state index in [1.165, 1.54) is 26.5 Å². The molecule has 0 aliphatic heterocycles. The summed E-state index contributed by atoms with van der Waals surface area (Å²) in [6.45, 7) is 7.39. The Morgan fingerprint density at radius 3 is 2.40 bits per heavy atom. The van der Waals surface area contributed by atoms with Crippen LogP contribution < -0.4 is 0 Å². The normalized spacial score (nSPS) is 38.7. The van der Waals surface area contributed by atoms with E-state index in [1.54, 1.807) is 0 Å². The monoisotopic (exact) mass is 488 g/mol. The van der Waals surface area contributed by atoms with Crippen LogP contribution in [0.15, 0.2) is 11.6 Å². The molecule has 8 atom stereocenters. The number of carbonyl (C=O) groups is 4. The number of hydrogen-bond acceptors (Lipinski definition) is 7. The van der Waals surface area contributed by atoms with Gasteiger partial charge in [-0.25, -0.2) is 4.79 Å². The molecule has 0 heterocycles. The Kier molecular flexibility index (Phi) is 7.18. The lowest BCUT2D eigenvalue weighted by Crippen LogP contribution is -2.51. The minimum Gasteiger partial charge on any atom is -0.466 e. The Balaban J connectivity index is 1.50. The van der Waals surface area contributed by atoms with Gasteiger partial charge in [-0.1, -0.05) is 25.5 Å². The average Bonchev–Trinajstić information content (AvgIpc) is 3.15. The van der Waals surface area contributed by atoms with E-state index >= 15 is 0 Å². The molecule has 3 saturated carbocycles. The van der Waals surface area contributed by atoms with Crippen LogP contribution in [0.4, 0.5) is 0 Å². The zero-order valence-corrected chi connectivity index (χ0v) is 21.8. The van der Waals surface area contributed by atoms with Crippen LogP contribution in [-0.4, -0.2) is 43.0 Å². The molecule has 0 unspecified atom stereocenters. The van der Waals surface area contributed by atoms with Crippen LogP contribution in [-0.2, 0) is 33.4 Å². The van der Waals surface area contributed by atoms with Crippen LogP contribution in [0.2, 0.25) is 0 Å². The average molecular weight is 489 g/mol. The molecule has 0 spiro atoms. The molecule has 0 radical (unpaired) electrons. The summed E-state index contributed by atoms with van der Waals surface area (Å²) in [6, 6.07) is 0. The van der Waals surface area contributed by atoms with Gasteiger partial charge < -0.3 is 14.2 Å². The Morgan fingerprint density at radius 2 is 1.74 bits per heavy atom. The number of rotatable bonds is 6. The molecule has 0 aromatic rings. The van der Waals surface area contributed by atoms with E-state index in [1.807, 2.05) is 0 Å². The highest BCUT2D eigenvalue weighted by molar-refractivity contribution is 5.89. The Hall–Kier alpha value is -2.18. The van der Waals surface area contributed by atoms with Crippen molar-refractivity contribution in [2.24, 2.45) is 34.5 Å². The van der Waals surface area contributed by atoms with E-state index < -0.39 is 18.0 Å². The lowest BCUT2D eigenvalue weighted by Gasteiger charge is -2.58. The predicted octanol–water partition coefficient (Wildman–Crippen LogP) is 4.56. The first kappa shape index (κ1) is 25.9. The van der Waals surface area contributed by atoms with Crippen molar-refractivity contribution < 1.29 is 33.4 Å². The van der Waals surface area contributed by atoms with Crippen LogP contribution in [0, 0.1) is 34.5 Å². The van der Waals surface area contributed by atoms with E-state index in [-0.39, 0.29) is 41.0 Å². The maximum Gasteiger partial charge on any atom is 0.347 e. The Labute approximate surface area is 208 Å². The molecule has 7 nitrogen and oxygen atoms in total. The van der Waals surface area contributed by atoms with Gasteiger partial charge in [0, 0.05) is 26.2 Å². The fourth-order valence-electron chi connectivity index (χ4n) is 8.32. The van der Waals surface area contributed by atoms with Crippen molar-refractivity contribution >= 4 is 23.7 Å². The number of ketones is 1. The van der Waals surface area contributed by atoms with E-state index in [2.05, 4.69) is 19.9 Å². The van der Waals surface area contributed by atoms with Crippen molar-refractivity contribution in [1.82, 2.24) is 0 Å². The molecule has 0 N–H and O–H groups in total. The fraction of sp³-hybridized carbons (Fsp3) is 0.786. The van der Waals surface area contributed by atoms with Gasteiger partial charge in [0.25, 0.3) is 0 Å². The van der Waals surface area contributed by atoms with Gasteiger partial charge >= 0.3 is 17.9 Å². The molecule has 7 heteroatoms. The lowest BCUT2D eigenvalue weighted by molar-refractivity contribution is -0.166. The van der Waals surface area contributed by atoms with Crippen molar-refractivity contribution in [1.29, 1.82) is 0 Å². The number of ether oxygens (including phenoxy) is 3. The van der Waals surface area contributed by atoms with E-state index in [0.29, 0.717) is 17.8 Å². The summed E-state index contributed by atoms with van der Waals surface area (Å²) in [6.07, 6.45) is 8.81. The summed E-state index contributed by atoms with van der Waals surface area (Å²) in [5, 5.41) is 0. The molecule has 194 valence electrons. The van der Waals surface area contributed by atoms with E-state index in [0.717, 1.165) is 51.4 Å². The fourth-order valence-corrected chi connectivity index (χ4v) is 8.32. The predicted molar refractivity (Wildman–Crippen MR) is 128 cm³/mol. The number of hydrogen-bond donors (Lipinski definition) is 0. The van der Waals surface area contributed by atoms with Crippen LogP contribution in [0.3, 0.4) is 0 Å². The van der Waals surface area contributed by atoms with Gasteiger partial charge in [-0.2, -0.15) is 0 Å². The smallest absolute Gasteiger partial charge is 0.347 e. The summed E-state index contributed by atoms with van der Waals surface area (Å²) in [5.74, 6) is -0.0244. The molecule has 4 aliphatic rings. The third kappa shape index (κ3) is 4.67. The number of esters is 3. The molecule has 4 rings (SSSR count). The van der Waals surface area contributed by atoms with Crippen molar-refractivity contribution in [2.45, 2.75) is 97.7 Å². The number of Topliss-reactive ketones (excluding diaryl/α,β-unsaturated/α-hetero) is 1. The van der Waals surface area contributed by atoms with Crippen molar-refractivity contribution in [3.05, 3.63) is 11.6 Å². The second-order valence-electron chi connectivity index (χ2n) is 11.7. The van der Waals surface area contributed by atoms with Crippen molar-refractivity contribution in [2.75, 3.05) is 7.11 Å². The Bertz CT molecular complexity index is 922. The van der Waals surface area contributed by atoms with Crippen LogP contribution in [0.25, 0.3) is 0 Å². The largest absolute Gasteiger partial charge is 0.466 e. The summed E-state index contributed by atoms with van der Waals surface area (Å²) in [5.41, 5.74) is 1.48. The minimum absolute atomic E-state index is 0.00485. The van der Waals surface area contributed by atoms with Gasteiger partial charge in [0.2, 0.25) is 6.10 Å². The highest BCUT2D eigenvalue weighted by Crippen LogP contribution is 2.66.